The van der Waals surface area contributed by atoms with Crippen molar-refractivity contribution in [2.45, 2.75) is 63.3 Å². The lowest BCUT2D eigenvalue weighted by Crippen LogP contribution is -2.51. The van der Waals surface area contributed by atoms with Crippen LogP contribution in [-0.4, -0.2) is 96.3 Å². The van der Waals surface area contributed by atoms with Crippen molar-refractivity contribution in [3.63, 3.8) is 0 Å². The Labute approximate surface area is 250 Å². The summed E-state index contributed by atoms with van der Waals surface area (Å²) >= 11 is 0. The number of hydrogen-bond acceptors (Lipinski definition) is 9. The van der Waals surface area contributed by atoms with Gasteiger partial charge in [0.2, 0.25) is 0 Å². The van der Waals surface area contributed by atoms with Crippen LogP contribution in [0, 0.1) is 5.92 Å². The second kappa shape index (κ2) is 15.5. The third-order valence-electron chi connectivity index (χ3n) is 8.39. The Kier molecular flexibility index (Phi) is 11.5. The van der Waals surface area contributed by atoms with E-state index >= 15 is 0 Å². The van der Waals surface area contributed by atoms with Crippen molar-refractivity contribution in [3.8, 4) is 5.75 Å². The number of methoxy groups -OCH3 is 2. The zero-order valence-corrected chi connectivity index (χ0v) is 25.3. The summed E-state index contributed by atoms with van der Waals surface area (Å²) < 4.78 is 35.3. The number of benzene rings is 2. The van der Waals surface area contributed by atoms with E-state index in [-0.39, 0.29) is 24.7 Å². The lowest BCUT2D eigenvalue weighted by atomic mass is 9.85. The molecule has 0 radical (unpaired) electrons. The van der Waals surface area contributed by atoms with Gasteiger partial charge in [-0.15, -0.1) is 0 Å². The molecule has 2 aromatic carbocycles. The first-order valence-electron chi connectivity index (χ1n) is 15.4. The fraction of sp³-hybridized carbons (Fsp3) is 0.636. The molecule has 2 aliphatic heterocycles. The zero-order chi connectivity index (χ0) is 29.3. The molecule has 2 N–H and O–H groups in total. The lowest BCUT2D eigenvalue weighted by Gasteiger charge is -2.39. The molecule has 1 aliphatic carbocycles. The van der Waals surface area contributed by atoms with Gasteiger partial charge >= 0.3 is 0 Å². The highest BCUT2D eigenvalue weighted by molar-refractivity contribution is 5.61. The van der Waals surface area contributed by atoms with Crippen LogP contribution in [0.5, 0.6) is 5.75 Å². The van der Waals surface area contributed by atoms with E-state index in [1.165, 1.54) is 5.56 Å². The van der Waals surface area contributed by atoms with Crippen LogP contribution in [0.15, 0.2) is 42.5 Å². The molecule has 232 valence electrons. The minimum Gasteiger partial charge on any atom is -0.490 e. The molecule has 6 atom stereocenters. The summed E-state index contributed by atoms with van der Waals surface area (Å²) in [5.41, 5.74) is 4.55. The van der Waals surface area contributed by atoms with Gasteiger partial charge in [-0.25, -0.2) is 0 Å². The van der Waals surface area contributed by atoms with E-state index in [0.717, 1.165) is 68.3 Å². The molecule has 0 spiro atoms. The summed E-state index contributed by atoms with van der Waals surface area (Å²) in [6.07, 6.45) is 1.68. The molecule has 2 aromatic rings. The number of nitrogens with zero attached hydrogens (tertiary/aromatic N) is 1. The average molecular weight is 585 g/mol. The maximum Gasteiger partial charge on any atom is 0.142 e. The first-order valence-corrected chi connectivity index (χ1v) is 15.4. The van der Waals surface area contributed by atoms with Gasteiger partial charge in [-0.1, -0.05) is 30.3 Å². The topological polar surface area (TPSA) is 90.9 Å². The van der Waals surface area contributed by atoms with E-state index in [0.29, 0.717) is 38.4 Å². The van der Waals surface area contributed by atoms with Crippen LogP contribution >= 0.6 is 0 Å². The Balaban J connectivity index is 1.24. The first-order chi connectivity index (χ1) is 20.6. The number of rotatable bonds is 16. The van der Waals surface area contributed by atoms with Crippen LogP contribution in [0.3, 0.4) is 0 Å². The Bertz CT molecular complexity index is 1100. The van der Waals surface area contributed by atoms with Crippen molar-refractivity contribution < 1.29 is 33.5 Å². The number of piperidine rings is 1. The third kappa shape index (κ3) is 8.44. The molecular formula is C33H48N2O7. The third-order valence-corrected chi connectivity index (χ3v) is 8.39. The summed E-state index contributed by atoms with van der Waals surface area (Å²) in [6, 6.07) is 15.0. The zero-order valence-electron chi connectivity index (χ0n) is 25.3. The molecule has 9 nitrogen and oxygen atoms in total. The molecule has 5 rings (SSSR count). The van der Waals surface area contributed by atoms with Crippen molar-refractivity contribution in [1.82, 2.24) is 5.32 Å². The van der Waals surface area contributed by atoms with E-state index in [1.807, 2.05) is 0 Å². The maximum atomic E-state index is 9.92. The van der Waals surface area contributed by atoms with Crippen molar-refractivity contribution in [3.05, 3.63) is 59.2 Å². The maximum absolute atomic E-state index is 9.92. The van der Waals surface area contributed by atoms with Crippen molar-refractivity contribution in [2.75, 3.05) is 71.7 Å². The quantitative estimate of drug-likeness (QED) is 0.288. The Morgan fingerprint density at radius 3 is 2.52 bits per heavy atom. The Morgan fingerprint density at radius 1 is 1.00 bits per heavy atom. The van der Waals surface area contributed by atoms with Gasteiger partial charge in [0.05, 0.1) is 63.1 Å². The van der Waals surface area contributed by atoms with E-state index in [1.54, 1.807) is 21.1 Å². The number of nitrogens with one attached hydrogen (secondary N) is 1. The number of aliphatic hydroxyl groups is 1. The number of aliphatic hydroxyl groups excluding tert-OH is 1. The highest BCUT2D eigenvalue weighted by Gasteiger charge is 2.38. The number of fused-ring (bicyclic) bond motifs is 1. The van der Waals surface area contributed by atoms with Gasteiger partial charge in [-0.2, -0.15) is 0 Å². The van der Waals surface area contributed by atoms with Gasteiger partial charge in [0.1, 0.15) is 12.4 Å². The number of hydrogen-bond donors (Lipinski definition) is 2. The molecule has 3 aliphatic rings. The minimum absolute atomic E-state index is 0.0281. The molecule has 0 bridgehead atoms. The molecular weight excluding hydrogens is 536 g/mol. The standard InChI is InChI=1S/C33H48N2O7/c1-23(36)19-41-31-17-34-18-32(33(31)26-8-5-24(6-9-26)20-39-22-27-16-30(27)38-3)42-21-25-7-10-29-28(15-25)35(12-14-40-29)11-4-13-37-2/h5-10,15,23,27,30-34,36H,4,11-14,16-22H2,1-3H3/t23?,27?,30-,31+,32-,33-/m0/s1. The first kappa shape index (κ1) is 31.2. The Hall–Kier alpha value is -2.24. The highest BCUT2D eigenvalue weighted by atomic mass is 16.5. The van der Waals surface area contributed by atoms with Crippen molar-refractivity contribution in [1.29, 1.82) is 0 Å². The molecule has 2 fully saturated rings. The van der Waals surface area contributed by atoms with E-state index < -0.39 is 6.10 Å². The van der Waals surface area contributed by atoms with Crippen LogP contribution in [0.1, 0.15) is 42.4 Å². The molecule has 0 amide bonds. The average Bonchev–Trinajstić information content (AvgIpc) is 3.78. The second-order valence-corrected chi connectivity index (χ2v) is 11.8. The molecule has 2 heterocycles. The molecule has 2 unspecified atom stereocenters. The van der Waals surface area contributed by atoms with Crippen LogP contribution in [-0.2, 0) is 36.9 Å². The normalized spacial score (nSPS) is 26.0. The molecule has 42 heavy (non-hydrogen) atoms. The number of anilines is 1. The van der Waals surface area contributed by atoms with Gasteiger partial charge < -0.3 is 43.7 Å². The van der Waals surface area contributed by atoms with Gasteiger partial charge in [-0.05, 0) is 48.6 Å². The largest absolute Gasteiger partial charge is 0.490 e. The molecule has 0 aromatic heterocycles. The molecule has 9 heteroatoms. The van der Waals surface area contributed by atoms with Crippen LogP contribution < -0.4 is 15.0 Å². The van der Waals surface area contributed by atoms with E-state index in [2.05, 4.69) is 52.7 Å². The van der Waals surface area contributed by atoms with E-state index in [9.17, 15) is 5.11 Å². The predicted molar refractivity (Wildman–Crippen MR) is 161 cm³/mol. The predicted octanol–water partition coefficient (Wildman–Crippen LogP) is 3.51. The number of ether oxygens (including phenoxy) is 6. The van der Waals surface area contributed by atoms with Crippen LogP contribution in [0.2, 0.25) is 0 Å². The molecule has 1 saturated heterocycles. The summed E-state index contributed by atoms with van der Waals surface area (Å²) in [7, 11) is 3.51. The Morgan fingerprint density at radius 2 is 1.79 bits per heavy atom. The summed E-state index contributed by atoms with van der Waals surface area (Å²) in [4.78, 5) is 2.37. The van der Waals surface area contributed by atoms with Gasteiger partial charge in [-0.3, -0.25) is 0 Å². The van der Waals surface area contributed by atoms with Gasteiger partial charge in [0.25, 0.3) is 0 Å². The minimum atomic E-state index is -0.528. The molecule has 1 saturated carbocycles. The van der Waals surface area contributed by atoms with Crippen molar-refractivity contribution in [2.24, 2.45) is 5.92 Å². The lowest BCUT2D eigenvalue weighted by molar-refractivity contribution is -0.0752. The summed E-state index contributed by atoms with van der Waals surface area (Å²) in [5, 5.41) is 13.4. The summed E-state index contributed by atoms with van der Waals surface area (Å²) in [5.74, 6) is 1.47. The van der Waals surface area contributed by atoms with Gasteiger partial charge in [0, 0.05) is 52.3 Å². The second-order valence-electron chi connectivity index (χ2n) is 11.8. The SMILES string of the molecule is COCCCN1CCOc2ccc(CO[C@H]3CNC[C@@H](OCC(C)O)[C@@H]3c3ccc(COCC4C[C@@H]4OC)cc3)cc21. The fourth-order valence-corrected chi connectivity index (χ4v) is 5.97. The highest BCUT2D eigenvalue weighted by Crippen LogP contribution is 2.35. The smallest absolute Gasteiger partial charge is 0.142 e. The van der Waals surface area contributed by atoms with E-state index in [4.69, 9.17) is 28.4 Å². The van der Waals surface area contributed by atoms with Gasteiger partial charge in [0.15, 0.2) is 0 Å². The van der Waals surface area contributed by atoms with Crippen LogP contribution in [0.25, 0.3) is 0 Å². The van der Waals surface area contributed by atoms with Crippen LogP contribution in [0.4, 0.5) is 5.69 Å². The summed E-state index contributed by atoms with van der Waals surface area (Å²) in [6.45, 7) is 8.52. The van der Waals surface area contributed by atoms with Crippen molar-refractivity contribution >= 4 is 5.69 Å². The fourth-order valence-electron chi connectivity index (χ4n) is 5.97. The monoisotopic (exact) mass is 584 g/mol.